The first-order valence-corrected chi connectivity index (χ1v) is 11.6. The Kier molecular flexibility index (Phi) is 5.63. The Balaban J connectivity index is 1.37. The summed E-state index contributed by atoms with van der Waals surface area (Å²) in [6, 6.07) is 6.36. The molecule has 4 rings (SSSR count). The van der Waals surface area contributed by atoms with E-state index in [9.17, 15) is 18.0 Å². The van der Waals surface area contributed by atoms with Crippen molar-refractivity contribution in [2.45, 2.75) is 30.6 Å². The number of rotatable bonds is 5. The van der Waals surface area contributed by atoms with E-state index in [1.807, 2.05) is 4.90 Å². The SMILES string of the molecule is COc1ccc(S(=O)(=O)N2CCN(CN3C(=O)[C@@H]4CCCC[C@H]4C3=O)CC2)cc1. The fraction of sp³-hybridized carbons (Fsp3) is 0.600. The fourth-order valence-electron chi connectivity index (χ4n) is 4.58. The minimum atomic E-state index is -3.57. The van der Waals surface area contributed by atoms with Crippen LogP contribution in [0.25, 0.3) is 0 Å². The van der Waals surface area contributed by atoms with Gasteiger partial charge in [-0.15, -0.1) is 0 Å². The zero-order valence-corrected chi connectivity index (χ0v) is 17.4. The number of likely N-dealkylation sites (tertiary alicyclic amines) is 1. The van der Waals surface area contributed by atoms with Gasteiger partial charge in [-0.1, -0.05) is 12.8 Å². The van der Waals surface area contributed by atoms with Gasteiger partial charge in [0.25, 0.3) is 0 Å². The number of amides is 2. The fourth-order valence-corrected chi connectivity index (χ4v) is 6.00. The van der Waals surface area contributed by atoms with Gasteiger partial charge in [-0.25, -0.2) is 8.42 Å². The zero-order valence-electron chi connectivity index (χ0n) is 16.6. The summed E-state index contributed by atoms with van der Waals surface area (Å²) in [6.45, 7) is 1.90. The Hall–Kier alpha value is -1.97. The molecule has 158 valence electrons. The molecule has 2 amide bonds. The second kappa shape index (κ2) is 8.04. The van der Waals surface area contributed by atoms with Gasteiger partial charge in [-0.2, -0.15) is 4.31 Å². The van der Waals surface area contributed by atoms with Crippen molar-refractivity contribution in [1.29, 1.82) is 0 Å². The van der Waals surface area contributed by atoms with E-state index < -0.39 is 10.0 Å². The van der Waals surface area contributed by atoms with E-state index in [0.717, 1.165) is 25.7 Å². The van der Waals surface area contributed by atoms with Crippen LogP contribution in [0.4, 0.5) is 0 Å². The van der Waals surface area contributed by atoms with Crippen molar-refractivity contribution in [1.82, 2.24) is 14.1 Å². The van der Waals surface area contributed by atoms with Gasteiger partial charge < -0.3 is 4.74 Å². The molecule has 1 saturated carbocycles. The molecule has 0 N–H and O–H groups in total. The van der Waals surface area contributed by atoms with Crippen molar-refractivity contribution in [2.24, 2.45) is 11.8 Å². The van der Waals surface area contributed by atoms with Crippen molar-refractivity contribution in [3.8, 4) is 5.75 Å². The number of hydrogen-bond donors (Lipinski definition) is 0. The average molecular weight is 422 g/mol. The highest BCUT2D eigenvalue weighted by Gasteiger charge is 2.48. The van der Waals surface area contributed by atoms with Gasteiger partial charge in [-0.05, 0) is 37.1 Å². The van der Waals surface area contributed by atoms with Gasteiger partial charge in [0, 0.05) is 26.2 Å². The standard InChI is InChI=1S/C20H27N3O5S/c1-28-15-6-8-16(9-7-15)29(26,27)22-12-10-21(11-13-22)14-23-19(24)17-4-2-3-5-18(17)20(23)25/h6-9,17-18H,2-5,10-14H2,1H3/t17-,18-/m1/s1. The summed E-state index contributed by atoms with van der Waals surface area (Å²) in [6.07, 6.45) is 3.63. The first-order valence-electron chi connectivity index (χ1n) is 10.1. The van der Waals surface area contributed by atoms with E-state index in [-0.39, 0.29) is 35.2 Å². The average Bonchev–Trinajstić information content (AvgIpc) is 2.99. The number of sulfonamides is 1. The first kappa shape index (κ1) is 20.3. The molecule has 1 aromatic carbocycles. The van der Waals surface area contributed by atoms with E-state index in [4.69, 9.17) is 4.74 Å². The summed E-state index contributed by atoms with van der Waals surface area (Å²) in [5, 5.41) is 0. The summed E-state index contributed by atoms with van der Waals surface area (Å²) in [5.74, 6) is 0.219. The highest BCUT2D eigenvalue weighted by molar-refractivity contribution is 7.89. The number of methoxy groups -OCH3 is 1. The lowest BCUT2D eigenvalue weighted by atomic mass is 9.81. The topological polar surface area (TPSA) is 87.2 Å². The minimum absolute atomic E-state index is 0.0482. The van der Waals surface area contributed by atoms with E-state index >= 15 is 0 Å². The highest BCUT2D eigenvalue weighted by Crippen LogP contribution is 2.38. The van der Waals surface area contributed by atoms with E-state index in [0.29, 0.717) is 31.9 Å². The van der Waals surface area contributed by atoms with Crippen LogP contribution >= 0.6 is 0 Å². The van der Waals surface area contributed by atoms with Crippen LogP contribution in [0, 0.1) is 11.8 Å². The number of carbonyl (C=O) groups excluding carboxylic acids is 2. The van der Waals surface area contributed by atoms with Gasteiger partial charge in [0.05, 0.1) is 30.5 Å². The van der Waals surface area contributed by atoms with E-state index in [1.165, 1.54) is 16.3 Å². The number of imide groups is 1. The Labute approximate surface area is 171 Å². The first-order chi connectivity index (χ1) is 13.9. The Morgan fingerprint density at radius 1 is 0.931 bits per heavy atom. The number of fused-ring (bicyclic) bond motifs is 1. The zero-order chi connectivity index (χ0) is 20.6. The monoisotopic (exact) mass is 421 g/mol. The Morgan fingerprint density at radius 3 is 2.00 bits per heavy atom. The summed E-state index contributed by atoms with van der Waals surface area (Å²) < 4.78 is 32.3. The molecule has 2 atom stereocenters. The van der Waals surface area contributed by atoms with Gasteiger partial charge in [0.1, 0.15) is 5.75 Å². The molecular formula is C20H27N3O5S. The molecule has 1 aromatic rings. The normalized spacial score (nSPS) is 26.6. The van der Waals surface area contributed by atoms with Gasteiger partial charge in [-0.3, -0.25) is 19.4 Å². The summed E-state index contributed by atoms with van der Waals surface area (Å²) in [7, 11) is -2.04. The molecule has 0 unspecified atom stereocenters. The summed E-state index contributed by atoms with van der Waals surface area (Å²) in [4.78, 5) is 28.9. The largest absolute Gasteiger partial charge is 0.497 e. The van der Waals surface area contributed by atoms with Crippen molar-refractivity contribution in [3.63, 3.8) is 0 Å². The van der Waals surface area contributed by atoms with Crippen LogP contribution in [-0.2, 0) is 19.6 Å². The van der Waals surface area contributed by atoms with Crippen LogP contribution in [-0.4, -0.2) is 74.3 Å². The lowest BCUT2D eigenvalue weighted by molar-refractivity contribution is -0.142. The maximum Gasteiger partial charge on any atom is 0.243 e. The highest BCUT2D eigenvalue weighted by atomic mass is 32.2. The Morgan fingerprint density at radius 2 is 1.48 bits per heavy atom. The van der Waals surface area contributed by atoms with Crippen molar-refractivity contribution in [2.75, 3.05) is 40.0 Å². The maximum atomic E-state index is 12.9. The lowest BCUT2D eigenvalue weighted by Crippen LogP contribution is -2.52. The molecule has 9 heteroatoms. The number of piperazine rings is 1. The second-order valence-electron chi connectivity index (χ2n) is 7.94. The van der Waals surface area contributed by atoms with Crippen LogP contribution in [0.15, 0.2) is 29.2 Å². The summed E-state index contributed by atoms with van der Waals surface area (Å²) >= 11 is 0. The van der Waals surface area contributed by atoms with Crippen molar-refractivity contribution >= 4 is 21.8 Å². The summed E-state index contributed by atoms with van der Waals surface area (Å²) in [5.41, 5.74) is 0. The number of hydrogen-bond acceptors (Lipinski definition) is 6. The predicted octanol–water partition coefficient (Wildman–Crippen LogP) is 1.13. The van der Waals surface area contributed by atoms with Crippen LogP contribution in [0.1, 0.15) is 25.7 Å². The lowest BCUT2D eigenvalue weighted by Gasteiger charge is -2.35. The third kappa shape index (κ3) is 3.78. The number of ether oxygens (including phenoxy) is 1. The van der Waals surface area contributed by atoms with Gasteiger partial charge in [0.2, 0.25) is 21.8 Å². The minimum Gasteiger partial charge on any atom is -0.497 e. The van der Waals surface area contributed by atoms with E-state index in [1.54, 1.807) is 24.3 Å². The third-order valence-electron chi connectivity index (χ3n) is 6.30. The molecular weight excluding hydrogens is 394 g/mol. The second-order valence-corrected chi connectivity index (χ2v) is 9.88. The number of carbonyl (C=O) groups is 2. The molecule has 3 fully saturated rings. The maximum absolute atomic E-state index is 12.9. The quantitative estimate of drug-likeness (QED) is 0.663. The molecule has 0 bridgehead atoms. The van der Waals surface area contributed by atoms with Gasteiger partial charge in [0.15, 0.2) is 0 Å². The van der Waals surface area contributed by atoms with E-state index in [2.05, 4.69) is 0 Å². The predicted molar refractivity (Wildman–Crippen MR) is 105 cm³/mol. The Bertz CT molecular complexity index is 854. The number of nitrogens with zero attached hydrogens (tertiary/aromatic N) is 3. The molecule has 3 aliphatic rings. The van der Waals surface area contributed by atoms with Crippen LogP contribution in [0.2, 0.25) is 0 Å². The number of benzene rings is 1. The van der Waals surface area contributed by atoms with Crippen LogP contribution < -0.4 is 4.74 Å². The van der Waals surface area contributed by atoms with Crippen molar-refractivity contribution in [3.05, 3.63) is 24.3 Å². The molecule has 0 radical (unpaired) electrons. The van der Waals surface area contributed by atoms with Crippen molar-refractivity contribution < 1.29 is 22.7 Å². The molecule has 0 aromatic heterocycles. The molecule has 2 aliphatic heterocycles. The molecule has 29 heavy (non-hydrogen) atoms. The third-order valence-corrected chi connectivity index (χ3v) is 8.22. The molecule has 8 nitrogen and oxygen atoms in total. The molecule has 1 aliphatic carbocycles. The molecule has 2 saturated heterocycles. The molecule has 0 spiro atoms. The van der Waals surface area contributed by atoms with Crippen LogP contribution in [0.3, 0.4) is 0 Å². The van der Waals surface area contributed by atoms with Gasteiger partial charge >= 0.3 is 0 Å². The smallest absolute Gasteiger partial charge is 0.243 e. The van der Waals surface area contributed by atoms with Crippen LogP contribution in [0.5, 0.6) is 5.75 Å². The molecule has 2 heterocycles.